The van der Waals surface area contributed by atoms with E-state index in [0.717, 1.165) is 23.3 Å². The van der Waals surface area contributed by atoms with Gasteiger partial charge in [0.2, 0.25) is 5.91 Å². The topological polar surface area (TPSA) is 66.5 Å². The van der Waals surface area contributed by atoms with Gasteiger partial charge in [-0.25, -0.2) is 13.1 Å². The molecule has 5 nitrogen and oxygen atoms in total. The van der Waals surface area contributed by atoms with Crippen molar-refractivity contribution in [1.82, 2.24) is 9.62 Å². The molecular weight excluding hydrogens is 320 g/mol. The summed E-state index contributed by atoms with van der Waals surface area (Å²) < 4.78 is 28.2. The molecule has 0 atom stereocenters. The Morgan fingerprint density at radius 1 is 1.23 bits per heavy atom. The molecule has 2 aliphatic rings. The van der Waals surface area contributed by atoms with E-state index in [2.05, 4.69) is 4.72 Å². The number of hydrogen-bond acceptors (Lipinski definition) is 4. The molecule has 0 aromatic carbocycles. The van der Waals surface area contributed by atoms with Crippen molar-refractivity contribution in [2.45, 2.75) is 49.8 Å². The Labute approximate surface area is 135 Å². The predicted molar refractivity (Wildman–Crippen MR) is 86.4 cm³/mol. The molecule has 2 fully saturated rings. The summed E-state index contributed by atoms with van der Waals surface area (Å²) in [5.74, 6) is 0.496. The standard InChI is InChI=1S/C15H22N2O3S2/c1-10-9-11(2)21-15(10)22(19,20)16-13-5-7-17(8-6-13)14(18)12-3-4-12/h9,12-13,16H,3-8H2,1-2H3. The number of hydrogen-bond donors (Lipinski definition) is 1. The third kappa shape index (κ3) is 3.36. The summed E-state index contributed by atoms with van der Waals surface area (Å²) in [5.41, 5.74) is 0.802. The third-order valence-electron chi connectivity index (χ3n) is 4.29. The van der Waals surface area contributed by atoms with Crippen LogP contribution in [0.2, 0.25) is 0 Å². The second-order valence-electron chi connectivity index (χ2n) is 6.32. The number of amides is 1. The van der Waals surface area contributed by atoms with Crippen LogP contribution in [-0.2, 0) is 14.8 Å². The van der Waals surface area contributed by atoms with Gasteiger partial charge in [0.25, 0.3) is 10.0 Å². The molecular formula is C15H22N2O3S2. The maximum Gasteiger partial charge on any atom is 0.250 e. The fraction of sp³-hybridized carbons (Fsp3) is 0.667. The van der Waals surface area contributed by atoms with Crippen LogP contribution in [0, 0.1) is 19.8 Å². The van der Waals surface area contributed by atoms with Crippen molar-refractivity contribution in [3.8, 4) is 0 Å². The minimum atomic E-state index is -3.45. The van der Waals surface area contributed by atoms with Crippen molar-refractivity contribution >= 4 is 27.3 Å². The Balaban J connectivity index is 1.60. The zero-order valence-corrected chi connectivity index (χ0v) is 14.6. The largest absolute Gasteiger partial charge is 0.342 e. The van der Waals surface area contributed by atoms with Crippen LogP contribution >= 0.6 is 11.3 Å². The van der Waals surface area contributed by atoms with E-state index in [0.29, 0.717) is 30.1 Å². The van der Waals surface area contributed by atoms with Gasteiger partial charge in [-0.15, -0.1) is 11.3 Å². The van der Waals surface area contributed by atoms with E-state index in [-0.39, 0.29) is 17.9 Å². The predicted octanol–water partition coefficient (Wildman–Crippen LogP) is 2.04. The van der Waals surface area contributed by atoms with Gasteiger partial charge in [-0.3, -0.25) is 4.79 Å². The van der Waals surface area contributed by atoms with Gasteiger partial charge in [0, 0.05) is 29.9 Å². The van der Waals surface area contributed by atoms with Crippen molar-refractivity contribution in [2.75, 3.05) is 13.1 Å². The Morgan fingerprint density at radius 3 is 2.36 bits per heavy atom. The smallest absolute Gasteiger partial charge is 0.250 e. The summed E-state index contributed by atoms with van der Waals surface area (Å²) in [6, 6.07) is 1.82. The van der Waals surface area contributed by atoms with E-state index in [1.165, 1.54) is 11.3 Å². The molecule has 0 unspecified atom stereocenters. The maximum absolute atomic E-state index is 12.5. The third-order valence-corrected chi connectivity index (χ3v) is 7.60. The molecule has 0 bridgehead atoms. The zero-order chi connectivity index (χ0) is 15.9. The number of carbonyl (C=O) groups excluding carboxylic acids is 1. The highest BCUT2D eigenvalue weighted by atomic mass is 32.2. The summed E-state index contributed by atoms with van der Waals surface area (Å²) in [5, 5.41) is 0. The Hall–Kier alpha value is -0.920. The van der Waals surface area contributed by atoms with E-state index >= 15 is 0 Å². The molecule has 7 heteroatoms. The summed E-state index contributed by atoms with van der Waals surface area (Å²) >= 11 is 1.31. The van der Waals surface area contributed by atoms with Gasteiger partial charge in [-0.1, -0.05) is 0 Å². The lowest BCUT2D eigenvalue weighted by molar-refractivity contribution is -0.133. The van der Waals surface area contributed by atoms with Crippen LogP contribution in [0.3, 0.4) is 0 Å². The van der Waals surface area contributed by atoms with Crippen molar-refractivity contribution in [3.63, 3.8) is 0 Å². The highest BCUT2D eigenvalue weighted by Gasteiger charge is 2.35. The number of piperidine rings is 1. The molecule has 22 heavy (non-hydrogen) atoms. The molecule has 0 radical (unpaired) electrons. The summed E-state index contributed by atoms with van der Waals surface area (Å²) in [7, 11) is -3.45. The molecule has 1 N–H and O–H groups in total. The van der Waals surface area contributed by atoms with Crippen molar-refractivity contribution in [1.29, 1.82) is 0 Å². The Morgan fingerprint density at radius 2 is 1.86 bits per heavy atom. The monoisotopic (exact) mass is 342 g/mol. The van der Waals surface area contributed by atoms with E-state index in [9.17, 15) is 13.2 Å². The fourth-order valence-electron chi connectivity index (χ4n) is 2.97. The molecule has 1 aliphatic carbocycles. The summed E-state index contributed by atoms with van der Waals surface area (Å²) in [6.07, 6.45) is 3.42. The number of nitrogens with one attached hydrogen (secondary N) is 1. The van der Waals surface area contributed by atoms with Crippen LogP contribution < -0.4 is 4.72 Å². The zero-order valence-electron chi connectivity index (χ0n) is 13.0. The minimum Gasteiger partial charge on any atom is -0.342 e. The van der Waals surface area contributed by atoms with E-state index in [1.54, 1.807) is 0 Å². The lowest BCUT2D eigenvalue weighted by Gasteiger charge is -2.32. The van der Waals surface area contributed by atoms with Gasteiger partial charge in [0.1, 0.15) is 4.21 Å². The van der Waals surface area contributed by atoms with Gasteiger partial charge in [-0.2, -0.15) is 0 Å². The maximum atomic E-state index is 12.5. The molecule has 122 valence electrons. The first-order valence-electron chi connectivity index (χ1n) is 7.75. The number of rotatable bonds is 4. The van der Waals surface area contributed by atoms with Crippen LogP contribution in [0.15, 0.2) is 10.3 Å². The van der Waals surface area contributed by atoms with Crippen molar-refractivity contribution < 1.29 is 13.2 Å². The highest BCUT2D eigenvalue weighted by molar-refractivity contribution is 7.91. The number of nitrogens with zero attached hydrogens (tertiary/aromatic N) is 1. The van der Waals surface area contributed by atoms with Crippen LogP contribution in [0.5, 0.6) is 0 Å². The lowest BCUT2D eigenvalue weighted by Crippen LogP contribution is -2.46. The summed E-state index contributed by atoms with van der Waals surface area (Å²) in [6.45, 7) is 5.06. The molecule has 2 heterocycles. The van der Waals surface area contributed by atoms with Gasteiger partial charge < -0.3 is 4.90 Å². The lowest BCUT2D eigenvalue weighted by atomic mass is 10.1. The molecule has 1 saturated heterocycles. The van der Waals surface area contributed by atoms with E-state index < -0.39 is 10.0 Å². The Bertz CT molecular complexity index is 669. The average molecular weight is 342 g/mol. The molecule has 1 amide bonds. The van der Waals surface area contributed by atoms with E-state index in [4.69, 9.17) is 0 Å². The second-order valence-corrected chi connectivity index (χ2v) is 9.49. The number of likely N-dealkylation sites (tertiary alicyclic amines) is 1. The molecule has 1 aromatic rings. The fourth-order valence-corrected chi connectivity index (χ4v) is 5.96. The van der Waals surface area contributed by atoms with Gasteiger partial charge in [0.15, 0.2) is 0 Å². The number of aryl methyl sites for hydroxylation is 2. The van der Waals surface area contributed by atoms with Crippen molar-refractivity contribution in [2.24, 2.45) is 5.92 Å². The average Bonchev–Trinajstić information content (AvgIpc) is 3.23. The number of sulfonamides is 1. The Kier molecular flexibility index (Phi) is 4.31. The van der Waals surface area contributed by atoms with Gasteiger partial charge in [0.05, 0.1) is 0 Å². The first-order valence-corrected chi connectivity index (χ1v) is 10.0. The van der Waals surface area contributed by atoms with Gasteiger partial charge >= 0.3 is 0 Å². The first kappa shape index (κ1) is 16.0. The molecule has 1 aromatic heterocycles. The second kappa shape index (κ2) is 5.94. The van der Waals surface area contributed by atoms with Crippen LogP contribution in [0.1, 0.15) is 36.1 Å². The number of thiophene rings is 1. The van der Waals surface area contributed by atoms with Crippen LogP contribution in [0.4, 0.5) is 0 Å². The molecule has 0 spiro atoms. The normalized spacial score (nSPS) is 20.4. The quantitative estimate of drug-likeness (QED) is 0.910. The molecule has 1 aliphatic heterocycles. The first-order chi connectivity index (χ1) is 10.4. The minimum absolute atomic E-state index is 0.0740. The number of carbonyl (C=O) groups is 1. The SMILES string of the molecule is Cc1cc(C)c(S(=O)(=O)NC2CCN(C(=O)C3CC3)CC2)s1. The van der Waals surface area contributed by atoms with Gasteiger partial charge in [-0.05, 0) is 51.2 Å². The van der Waals surface area contributed by atoms with Crippen LogP contribution in [0.25, 0.3) is 0 Å². The van der Waals surface area contributed by atoms with Crippen LogP contribution in [-0.4, -0.2) is 38.4 Å². The van der Waals surface area contributed by atoms with Crippen molar-refractivity contribution in [3.05, 3.63) is 16.5 Å². The highest BCUT2D eigenvalue weighted by Crippen LogP contribution is 2.32. The molecule has 1 saturated carbocycles. The van der Waals surface area contributed by atoms with E-state index in [1.807, 2.05) is 24.8 Å². The summed E-state index contributed by atoms with van der Waals surface area (Å²) in [4.78, 5) is 14.9. The molecule has 3 rings (SSSR count).